The zero-order valence-corrected chi connectivity index (χ0v) is 13.4. The molecule has 0 atom stereocenters. The predicted octanol–water partition coefficient (Wildman–Crippen LogP) is 2.57. The summed E-state index contributed by atoms with van der Waals surface area (Å²) in [6.45, 7) is 3.16. The Kier molecular flexibility index (Phi) is 5.86. The number of hydrogen-bond donors (Lipinski definition) is 0. The summed E-state index contributed by atoms with van der Waals surface area (Å²) in [6, 6.07) is 13.1. The van der Waals surface area contributed by atoms with Gasteiger partial charge in [-0.3, -0.25) is 9.78 Å². The number of carbonyl (C=O) groups excluding carboxylic acids is 2. The lowest BCUT2D eigenvalue weighted by Crippen LogP contribution is -2.33. The second kappa shape index (κ2) is 8.08. The number of benzene rings is 1. The highest BCUT2D eigenvalue weighted by Gasteiger charge is 2.16. The van der Waals surface area contributed by atoms with Gasteiger partial charge in [0, 0.05) is 19.3 Å². The van der Waals surface area contributed by atoms with E-state index in [9.17, 15) is 9.59 Å². The molecule has 5 nitrogen and oxygen atoms in total. The lowest BCUT2D eigenvalue weighted by Gasteiger charge is -2.20. The summed E-state index contributed by atoms with van der Waals surface area (Å²) in [4.78, 5) is 29.7. The molecular formula is C18H20N2O3. The highest BCUT2D eigenvalue weighted by atomic mass is 16.5. The fourth-order valence-corrected chi connectivity index (χ4v) is 2.23. The van der Waals surface area contributed by atoms with Crippen LogP contribution < -0.4 is 0 Å². The number of nitrogens with zero attached hydrogens (tertiary/aromatic N) is 2. The van der Waals surface area contributed by atoms with Gasteiger partial charge in [0.1, 0.15) is 5.69 Å². The fraction of sp³-hybridized carbons (Fsp3) is 0.278. The largest absolute Gasteiger partial charge is 0.465 e. The van der Waals surface area contributed by atoms with Crippen LogP contribution >= 0.6 is 0 Å². The van der Waals surface area contributed by atoms with Gasteiger partial charge in [0.25, 0.3) is 5.91 Å². The summed E-state index contributed by atoms with van der Waals surface area (Å²) in [7, 11) is 1.31. The minimum absolute atomic E-state index is 0.139. The Labute approximate surface area is 135 Å². The summed E-state index contributed by atoms with van der Waals surface area (Å²) < 4.78 is 4.62. The first kappa shape index (κ1) is 16.7. The van der Waals surface area contributed by atoms with E-state index in [1.807, 2.05) is 37.3 Å². The van der Waals surface area contributed by atoms with Crippen LogP contribution in [0.15, 0.2) is 48.7 Å². The molecule has 1 aromatic carbocycles. The van der Waals surface area contributed by atoms with E-state index in [1.54, 1.807) is 17.0 Å². The molecule has 0 fully saturated rings. The van der Waals surface area contributed by atoms with E-state index in [0.717, 1.165) is 6.42 Å². The number of likely N-dealkylation sites (N-methyl/N-ethyl adjacent to an activating group) is 1. The maximum atomic E-state index is 12.5. The van der Waals surface area contributed by atoms with E-state index >= 15 is 0 Å². The van der Waals surface area contributed by atoms with Gasteiger partial charge in [-0.15, -0.1) is 0 Å². The molecule has 0 spiro atoms. The lowest BCUT2D eigenvalue weighted by molar-refractivity contribution is 0.0599. The first-order valence-electron chi connectivity index (χ1n) is 7.53. The van der Waals surface area contributed by atoms with Gasteiger partial charge in [0.05, 0.1) is 12.7 Å². The molecule has 0 radical (unpaired) electrons. The highest BCUT2D eigenvalue weighted by molar-refractivity contribution is 5.94. The van der Waals surface area contributed by atoms with Crippen molar-refractivity contribution in [3.8, 4) is 0 Å². The molecule has 1 aromatic heterocycles. The molecule has 0 aliphatic carbocycles. The molecule has 0 bridgehead atoms. The second-order valence-electron chi connectivity index (χ2n) is 5.04. The fourth-order valence-electron chi connectivity index (χ4n) is 2.23. The third-order valence-electron chi connectivity index (χ3n) is 3.59. The Morgan fingerprint density at radius 1 is 1.13 bits per heavy atom. The molecule has 0 saturated heterocycles. The third kappa shape index (κ3) is 4.39. The summed E-state index contributed by atoms with van der Waals surface area (Å²) in [5, 5.41) is 0. The maximum absolute atomic E-state index is 12.5. The molecule has 0 unspecified atom stereocenters. The molecule has 23 heavy (non-hydrogen) atoms. The van der Waals surface area contributed by atoms with Crippen LogP contribution in [0.3, 0.4) is 0 Å². The zero-order valence-electron chi connectivity index (χ0n) is 13.4. The van der Waals surface area contributed by atoms with Gasteiger partial charge >= 0.3 is 5.97 Å². The number of methoxy groups -OCH3 is 1. The average molecular weight is 312 g/mol. The Morgan fingerprint density at radius 2 is 1.87 bits per heavy atom. The van der Waals surface area contributed by atoms with Gasteiger partial charge in [0.15, 0.2) is 0 Å². The van der Waals surface area contributed by atoms with Crippen LogP contribution in [-0.4, -0.2) is 42.0 Å². The van der Waals surface area contributed by atoms with E-state index in [-0.39, 0.29) is 5.91 Å². The summed E-state index contributed by atoms with van der Waals surface area (Å²) in [5.74, 6) is -0.604. The van der Waals surface area contributed by atoms with Gasteiger partial charge in [-0.1, -0.05) is 30.3 Å². The summed E-state index contributed by atoms with van der Waals surface area (Å²) >= 11 is 0. The van der Waals surface area contributed by atoms with Crippen LogP contribution in [0.1, 0.15) is 33.3 Å². The monoisotopic (exact) mass is 312 g/mol. The smallest absolute Gasteiger partial charge is 0.339 e. The number of esters is 1. The van der Waals surface area contributed by atoms with Crippen molar-refractivity contribution >= 4 is 11.9 Å². The Bertz CT molecular complexity index is 654. The number of rotatable bonds is 6. The Hall–Kier alpha value is -2.69. The number of pyridine rings is 1. The molecule has 2 rings (SSSR count). The number of hydrogen-bond acceptors (Lipinski definition) is 4. The van der Waals surface area contributed by atoms with Gasteiger partial charge in [0.2, 0.25) is 0 Å². The van der Waals surface area contributed by atoms with Crippen molar-refractivity contribution in [2.24, 2.45) is 0 Å². The normalized spacial score (nSPS) is 10.2. The SMILES string of the molecule is CCN(CCc1ccccc1)C(=O)c1ccc(C(=O)OC)cn1. The molecule has 0 saturated carbocycles. The van der Waals surface area contributed by atoms with Crippen LogP contribution in [0.5, 0.6) is 0 Å². The van der Waals surface area contributed by atoms with Crippen molar-refractivity contribution in [3.05, 3.63) is 65.5 Å². The minimum Gasteiger partial charge on any atom is -0.465 e. The third-order valence-corrected chi connectivity index (χ3v) is 3.59. The molecule has 0 N–H and O–H groups in total. The van der Waals surface area contributed by atoms with Crippen LogP contribution in [-0.2, 0) is 11.2 Å². The van der Waals surface area contributed by atoms with Crippen LogP contribution in [0.2, 0.25) is 0 Å². The van der Waals surface area contributed by atoms with Crippen molar-refractivity contribution < 1.29 is 14.3 Å². The van der Waals surface area contributed by atoms with E-state index < -0.39 is 5.97 Å². The van der Waals surface area contributed by atoms with Crippen molar-refractivity contribution in [3.63, 3.8) is 0 Å². The summed E-state index contributed by atoms with van der Waals surface area (Å²) in [6.07, 6.45) is 2.16. The lowest BCUT2D eigenvalue weighted by atomic mass is 10.1. The summed E-state index contributed by atoms with van der Waals surface area (Å²) in [5.41, 5.74) is 1.84. The molecule has 2 aromatic rings. The van der Waals surface area contributed by atoms with Gasteiger partial charge in [-0.2, -0.15) is 0 Å². The molecule has 120 valence electrons. The van der Waals surface area contributed by atoms with Crippen molar-refractivity contribution in [2.75, 3.05) is 20.2 Å². The van der Waals surface area contributed by atoms with Crippen LogP contribution in [0.4, 0.5) is 0 Å². The zero-order chi connectivity index (χ0) is 16.7. The van der Waals surface area contributed by atoms with E-state index in [4.69, 9.17) is 0 Å². The van der Waals surface area contributed by atoms with Gasteiger partial charge in [-0.05, 0) is 31.0 Å². The van der Waals surface area contributed by atoms with Crippen molar-refractivity contribution in [1.82, 2.24) is 9.88 Å². The molecule has 5 heteroatoms. The van der Waals surface area contributed by atoms with E-state index in [0.29, 0.717) is 24.3 Å². The number of amides is 1. The van der Waals surface area contributed by atoms with E-state index in [1.165, 1.54) is 18.9 Å². The minimum atomic E-state index is -0.465. The van der Waals surface area contributed by atoms with Crippen LogP contribution in [0, 0.1) is 0 Å². The second-order valence-corrected chi connectivity index (χ2v) is 5.04. The number of aromatic nitrogens is 1. The number of carbonyl (C=O) groups is 2. The quantitative estimate of drug-likeness (QED) is 0.769. The average Bonchev–Trinajstić information content (AvgIpc) is 2.62. The molecule has 1 heterocycles. The topological polar surface area (TPSA) is 59.5 Å². The first-order chi connectivity index (χ1) is 11.2. The molecule has 0 aliphatic heterocycles. The highest BCUT2D eigenvalue weighted by Crippen LogP contribution is 2.07. The van der Waals surface area contributed by atoms with Gasteiger partial charge < -0.3 is 9.64 Å². The number of ether oxygens (including phenoxy) is 1. The van der Waals surface area contributed by atoms with E-state index in [2.05, 4.69) is 9.72 Å². The Morgan fingerprint density at radius 3 is 2.43 bits per heavy atom. The Balaban J connectivity index is 2.03. The first-order valence-corrected chi connectivity index (χ1v) is 7.53. The van der Waals surface area contributed by atoms with Crippen molar-refractivity contribution in [2.45, 2.75) is 13.3 Å². The van der Waals surface area contributed by atoms with Gasteiger partial charge in [-0.25, -0.2) is 4.79 Å². The van der Waals surface area contributed by atoms with Crippen LogP contribution in [0.25, 0.3) is 0 Å². The standard InChI is InChI=1S/C18H20N2O3/c1-3-20(12-11-14-7-5-4-6-8-14)17(21)16-10-9-15(13-19-16)18(22)23-2/h4-10,13H,3,11-12H2,1-2H3. The molecule has 0 aliphatic rings. The molecular weight excluding hydrogens is 292 g/mol. The molecule has 1 amide bonds. The maximum Gasteiger partial charge on any atom is 0.339 e. The predicted molar refractivity (Wildman–Crippen MR) is 87.3 cm³/mol. The van der Waals surface area contributed by atoms with Crippen molar-refractivity contribution in [1.29, 1.82) is 0 Å².